The average Bonchev–Trinajstić information content (AvgIpc) is 2.38. The van der Waals surface area contributed by atoms with Gasteiger partial charge in [-0.25, -0.2) is 21.9 Å². The van der Waals surface area contributed by atoms with E-state index in [2.05, 4.69) is 4.72 Å². The van der Waals surface area contributed by atoms with Crippen molar-refractivity contribution in [3.63, 3.8) is 0 Å². The molecule has 0 saturated heterocycles. The fourth-order valence-electron chi connectivity index (χ4n) is 1.49. The minimum absolute atomic E-state index is 0.0673. The number of nitrogens with one attached hydrogen (secondary N) is 1. The van der Waals surface area contributed by atoms with Crippen LogP contribution in [0.2, 0.25) is 0 Å². The van der Waals surface area contributed by atoms with Gasteiger partial charge >= 0.3 is 0 Å². The molecule has 7 heteroatoms. The Hall–Kier alpha value is -1.05. The zero-order valence-electron chi connectivity index (χ0n) is 11.8. The summed E-state index contributed by atoms with van der Waals surface area (Å²) in [4.78, 5) is -0.700. The molecule has 0 aliphatic heterocycles. The van der Waals surface area contributed by atoms with Crippen LogP contribution in [0.3, 0.4) is 0 Å². The Bertz CT molecular complexity index is 574. The molecule has 1 aromatic carbocycles. The Morgan fingerprint density at radius 3 is 2.35 bits per heavy atom. The number of sulfonamides is 1. The molecule has 1 aromatic rings. The molecule has 1 atom stereocenters. The predicted molar refractivity (Wildman–Crippen MR) is 73.4 cm³/mol. The predicted octanol–water partition coefficient (Wildman–Crippen LogP) is 1.99. The maximum atomic E-state index is 13.7. The fourth-order valence-corrected chi connectivity index (χ4v) is 2.76. The van der Waals surface area contributed by atoms with E-state index >= 15 is 0 Å². The molecule has 0 fully saturated rings. The second-order valence-electron chi connectivity index (χ2n) is 5.17. The summed E-state index contributed by atoms with van der Waals surface area (Å²) in [6.07, 6.45) is 0. The summed E-state index contributed by atoms with van der Waals surface area (Å²) in [5, 5.41) is 0. The van der Waals surface area contributed by atoms with E-state index in [1.807, 2.05) is 20.8 Å². The first kappa shape index (κ1) is 17.0. The molecule has 0 amide bonds. The van der Waals surface area contributed by atoms with Crippen LogP contribution < -0.4 is 10.5 Å². The first-order valence-electron chi connectivity index (χ1n) is 6.36. The van der Waals surface area contributed by atoms with Gasteiger partial charge in [-0.3, -0.25) is 0 Å². The van der Waals surface area contributed by atoms with Crippen LogP contribution in [-0.4, -0.2) is 15.0 Å². The highest BCUT2D eigenvalue weighted by Gasteiger charge is 2.23. The molecule has 20 heavy (non-hydrogen) atoms. The van der Waals surface area contributed by atoms with E-state index in [0.717, 1.165) is 12.1 Å². The molecule has 0 spiro atoms. The van der Waals surface area contributed by atoms with Crippen LogP contribution in [0.25, 0.3) is 0 Å². The van der Waals surface area contributed by atoms with Crippen molar-refractivity contribution in [2.75, 3.05) is 6.54 Å². The SMILES string of the molecule is CC(C)C(C)CNS(=O)(=O)c1cc(CN)cc(F)c1F. The quantitative estimate of drug-likeness (QED) is 0.844. The maximum Gasteiger partial charge on any atom is 0.243 e. The molecule has 0 bridgehead atoms. The fraction of sp³-hybridized carbons (Fsp3) is 0.538. The van der Waals surface area contributed by atoms with Crippen LogP contribution in [0.5, 0.6) is 0 Å². The molecule has 0 radical (unpaired) electrons. The van der Waals surface area contributed by atoms with Crippen LogP contribution in [0.1, 0.15) is 26.3 Å². The normalized spacial score (nSPS) is 13.8. The second kappa shape index (κ2) is 6.60. The van der Waals surface area contributed by atoms with Crippen molar-refractivity contribution >= 4 is 10.0 Å². The van der Waals surface area contributed by atoms with Crippen LogP contribution in [0.15, 0.2) is 17.0 Å². The number of rotatable bonds is 6. The van der Waals surface area contributed by atoms with Gasteiger partial charge in [-0.05, 0) is 29.5 Å². The zero-order chi connectivity index (χ0) is 15.5. The summed E-state index contributed by atoms with van der Waals surface area (Å²) in [7, 11) is -4.10. The Kier molecular flexibility index (Phi) is 5.61. The Balaban J connectivity index is 3.06. The lowest BCUT2D eigenvalue weighted by atomic mass is 9.99. The summed E-state index contributed by atoms with van der Waals surface area (Å²) < 4.78 is 53.4. The van der Waals surface area contributed by atoms with E-state index in [-0.39, 0.29) is 30.5 Å². The number of nitrogens with two attached hydrogens (primary N) is 1. The number of hydrogen-bond donors (Lipinski definition) is 2. The van der Waals surface area contributed by atoms with Gasteiger partial charge in [-0.1, -0.05) is 20.8 Å². The molecule has 0 saturated carbocycles. The van der Waals surface area contributed by atoms with Gasteiger partial charge in [0.1, 0.15) is 4.90 Å². The molecular formula is C13H20F2N2O2S. The smallest absolute Gasteiger partial charge is 0.243 e. The summed E-state index contributed by atoms with van der Waals surface area (Å²) in [6, 6.07) is 1.95. The first-order valence-corrected chi connectivity index (χ1v) is 7.85. The van der Waals surface area contributed by atoms with Gasteiger partial charge in [0.25, 0.3) is 0 Å². The average molecular weight is 306 g/mol. The zero-order valence-corrected chi connectivity index (χ0v) is 12.6. The van der Waals surface area contributed by atoms with Crippen LogP contribution in [0, 0.1) is 23.5 Å². The van der Waals surface area contributed by atoms with Crippen LogP contribution in [-0.2, 0) is 16.6 Å². The van der Waals surface area contributed by atoms with Crippen molar-refractivity contribution in [3.8, 4) is 0 Å². The summed E-state index contributed by atoms with van der Waals surface area (Å²) in [6.45, 7) is 5.87. The third kappa shape index (κ3) is 3.97. The van der Waals surface area contributed by atoms with Gasteiger partial charge in [0.15, 0.2) is 11.6 Å². The van der Waals surface area contributed by atoms with Gasteiger partial charge in [-0.15, -0.1) is 0 Å². The molecule has 4 nitrogen and oxygen atoms in total. The minimum Gasteiger partial charge on any atom is -0.326 e. The van der Waals surface area contributed by atoms with E-state index in [0.29, 0.717) is 0 Å². The third-order valence-electron chi connectivity index (χ3n) is 3.31. The van der Waals surface area contributed by atoms with Crippen LogP contribution in [0.4, 0.5) is 8.78 Å². The first-order chi connectivity index (χ1) is 9.19. The standard InChI is InChI=1S/C13H20F2N2O2S/c1-8(2)9(3)7-17-20(18,19)12-5-10(6-16)4-11(14)13(12)15/h4-5,8-9,17H,6-7,16H2,1-3H3. The summed E-state index contributed by atoms with van der Waals surface area (Å²) in [5.41, 5.74) is 5.56. The lowest BCUT2D eigenvalue weighted by molar-refractivity contribution is 0.413. The van der Waals surface area contributed by atoms with Gasteiger partial charge in [0.2, 0.25) is 10.0 Å². The molecular weight excluding hydrogens is 286 g/mol. The molecule has 1 unspecified atom stereocenters. The van der Waals surface area contributed by atoms with E-state index in [9.17, 15) is 17.2 Å². The Morgan fingerprint density at radius 1 is 1.25 bits per heavy atom. The van der Waals surface area contributed by atoms with Crippen molar-refractivity contribution in [3.05, 3.63) is 29.3 Å². The third-order valence-corrected chi connectivity index (χ3v) is 4.74. The highest BCUT2D eigenvalue weighted by atomic mass is 32.2. The largest absolute Gasteiger partial charge is 0.326 e. The number of benzene rings is 1. The molecule has 1 rings (SSSR count). The molecule has 0 aliphatic carbocycles. The topological polar surface area (TPSA) is 72.2 Å². The second-order valence-corrected chi connectivity index (χ2v) is 6.90. The van der Waals surface area contributed by atoms with Crippen molar-refractivity contribution < 1.29 is 17.2 Å². The molecule has 0 heterocycles. The number of halogens is 2. The molecule has 3 N–H and O–H groups in total. The Labute approximate surface area is 118 Å². The lowest BCUT2D eigenvalue weighted by Crippen LogP contribution is -2.31. The van der Waals surface area contributed by atoms with E-state index in [1.165, 1.54) is 0 Å². The van der Waals surface area contributed by atoms with Gasteiger partial charge < -0.3 is 5.73 Å². The van der Waals surface area contributed by atoms with E-state index < -0.39 is 26.6 Å². The Morgan fingerprint density at radius 2 is 1.85 bits per heavy atom. The van der Waals surface area contributed by atoms with E-state index in [4.69, 9.17) is 5.73 Å². The monoisotopic (exact) mass is 306 g/mol. The highest BCUT2D eigenvalue weighted by molar-refractivity contribution is 7.89. The summed E-state index contributed by atoms with van der Waals surface area (Å²) in [5.74, 6) is -2.25. The van der Waals surface area contributed by atoms with Gasteiger partial charge in [0, 0.05) is 13.1 Å². The van der Waals surface area contributed by atoms with Gasteiger partial charge in [0.05, 0.1) is 0 Å². The lowest BCUT2D eigenvalue weighted by Gasteiger charge is -2.16. The van der Waals surface area contributed by atoms with Crippen molar-refractivity contribution in [1.29, 1.82) is 0 Å². The minimum atomic E-state index is -4.10. The van der Waals surface area contributed by atoms with Crippen molar-refractivity contribution in [1.82, 2.24) is 4.72 Å². The summed E-state index contributed by atoms with van der Waals surface area (Å²) >= 11 is 0. The van der Waals surface area contributed by atoms with Crippen molar-refractivity contribution in [2.45, 2.75) is 32.2 Å². The maximum absolute atomic E-state index is 13.7. The molecule has 0 aliphatic rings. The van der Waals surface area contributed by atoms with Crippen molar-refractivity contribution in [2.24, 2.45) is 17.6 Å². The van der Waals surface area contributed by atoms with E-state index in [1.54, 1.807) is 0 Å². The van der Waals surface area contributed by atoms with Crippen LogP contribution >= 0.6 is 0 Å². The highest BCUT2D eigenvalue weighted by Crippen LogP contribution is 2.20. The number of hydrogen-bond acceptors (Lipinski definition) is 3. The molecule has 114 valence electrons. The molecule has 0 aromatic heterocycles. The van der Waals surface area contributed by atoms with Gasteiger partial charge in [-0.2, -0.15) is 0 Å².